The van der Waals surface area contributed by atoms with Gasteiger partial charge in [-0.1, -0.05) is 26.0 Å². The molecule has 0 aliphatic heterocycles. The van der Waals surface area contributed by atoms with Crippen LogP contribution in [-0.2, 0) is 16.1 Å². The molecule has 136 valence electrons. The zero-order valence-electron chi connectivity index (χ0n) is 15.0. The molecule has 0 spiro atoms. The van der Waals surface area contributed by atoms with Crippen LogP contribution in [0.3, 0.4) is 0 Å². The Morgan fingerprint density at radius 3 is 2.46 bits per heavy atom. The van der Waals surface area contributed by atoms with Crippen LogP contribution in [0, 0.1) is 11.8 Å². The van der Waals surface area contributed by atoms with Crippen LogP contribution in [-0.4, -0.2) is 37.4 Å². The van der Waals surface area contributed by atoms with Gasteiger partial charge in [-0.3, -0.25) is 9.59 Å². The number of esters is 1. The summed E-state index contributed by atoms with van der Waals surface area (Å²) in [5.74, 6) is 0.345. The van der Waals surface area contributed by atoms with E-state index in [1.807, 2.05) is 6.07 Å². The summed E-state index contributed by atoms with van der Waals surface area (Å²) in [5.41, 5.74) is 7.10. The lowest BCUT2D eigenvalue weighted by Gasteiger charge is -2.16. The number of rotatable bonds is 8. The molecule has 2 N–H and O–H groups in total. The normalized spacial score (nSPS) is 11.6. The summed E-state index contributed by atoms with van der Waals surface area (Å²) >= 11 is 0. The second kappa shape index (κ2) is 11.0. The van der Waals surface area contributed by atoms with Crippen LogP contribution in [0.5, 0.6) is 0 Å². The maximum Gasteiger partial charge on any atom is 0.306 e. The first-order chi connectivity index (χ1) is 10.8. The molecule has 0 aliphatic rings. The quantitative estimate of drug-likeness (QED) is 0.727. The number of carbonyl (C=O) groups excluding carboxylic acids is 2. The topological polar surface area (TPSA) is 72.6 Å². The highest BCUT2D eigenvalue weighted by Gasteiger charge is 2.15. The van der Waals surface area contributed by atoms with E-state index in [0.29, 0.717) is 24.4 Å². The Morgan fingerprint density at radius 2 is 1.92 bits per heavy atom. The lowest BCUT2D eigenvalue weighted by atomic mass is 9.94. The Bertz CT molecular complexity index is 533. The molecule has 1 amide bonds. The summed E-state index contributed by atoms with van der Waals surface area (Å²) in [6, 6.07) is 7.14. The molecular formula is C18H29ClN2O3. The summed E-state index contributed by atoms with van der Waals surface area (Å²) in [6.45, 7) is 4.88. The van der Waals surface area contributed by atoms with E-state index in [-0.39, 0.29) is 36.8 Å². The summed E-state index contributed by atoms with van der Waals surface area (Å²) in [5, 5.41) is 0. The van der Waals surface area contributed by atoms with Crippen LogP contribution in [0.1, 0.15) is 42.6 Å². The monoisotopic (exact) mass is 356 g/mol. The van der Waals surface area contributed by atoms with E-state index >= 15 is 0 Å². The van der Waals surface area contributed by atoms with Crippen LogP contribution in [0.4, 0.5) is 0 Å². The van der Waals surface area contributed by atoms with Crippen molar-refractivity contribution in [1.29, 1.82) is 0 Å². The molecule has 1 rings (SSSR count). The fourth-order valence-corrected chi connectivity index (χ4v) is 2.44. The molecular weight excluding hydrogens is 328 g/mol. The Kier molecular flexibility index (Phi) is 10.3. The van der Waals surface area contributed by atoms with E-state index in [9.17, 15) is 9.59 Å². The average Bonchev–Trinajstić information content (AvgIpc) is 2.51. The van der Waals surface area contributed by atoms with Crippen molar-refractivity contribution in [2.24, 2.45) is 17.6 Å². The van der Waals surface area contributed by atoms with Crippen molar-refractivity contribution in [1.82, 2.24) is 4.90 Å². The average molecular weight is 357 g/mol. The standard InChI is InChI=1S/C18H28N2O3.ClH/c1-13(2)8-15(11-19)10-17(21)23-12-14-6-5-7-16(9-14)18(22)20(3)4;/h5-7,9,13,15H,8,10-12,19H2,1-4H3;1H/t15-;/m0./s1. The van der Waals surface area contributed by atoms with Crippen LogP contribution >= 0.6 is 12.4 Å². The highest BCUT2D eigenvalue weighted by atomic mass is 35.5. The number of ether oxygens (including phenoxy) is 1. The lowest BCUT2D eigenvalue weighted by molar-refractivity contribution is -0.146. The van der Waals surface area contributed by atoms with Crippen molar-refractivity contribution in [3.05, 3.63) is 35.4 Å². The van der Waals surface area contributed by atoms with Crippen LogP contribution in [0.25, 0.3) is 0 Å². The number of amides is 1. The number of halogens is 1. The molecule has 1 atom stereocenters. The van der Waals surface area contributed by atoms with Gasteiger partial charge in [-0.25, -0.2) is 0 Å². The minimum absolute atomic E-state index is 0. The second-order valence-corrected chi connectivity index (χ2v) is 6.50. The minimum Gasteiger partial charge on any atom is -0.461 e. The Labute approximate surface area is 151 Å². The van der Waals surface area contributed by atoms with Gasteiger partial charge in [-0.2, -0.15) is 0 Å². The number of carbonyl (C=O) groups is 2. The van der Waals surface area contributed by atoms with Crippen molar-refractivity contribution in [2.75, 3.05) is 20.6 Å². The zero-order chi connectivity index (χ0) is 17.4. The van der Waals surface area contributed by atoms with Crippen LogP contribution in [0.2, 0.25) is 0 Å². The van der Waals surface area contributed by atoms with Gasteiger partial charge in [0.15, 0.2) is 0 Å². The number of nitrogens with two attached hydrogens (primary N) is 1. The predicted octanol–water partition coefficient (Wildman–Crippen LogP) is 2.86. The number of hydrogen-bond donors (Lipinski definition) is 1. The molecule has 24 heavy (non-hydrogen) atoms. The zero-order valence-corrected chi connectivity index (χ0v) is 15.8. The number of nitrogens with zero attached hydrogens (tertiary/aromatic N) is 1. The molecule has 0 heterocycles. The highest BCUT2D eigenvalue weighted by molar-refractivity contribution is 5.94. The van der Waals surface area contributed by atoms with Crippen LogP contribution < -0.4 is 5.73 Å². The fourth-order valence-electron chi connectivity index (χ4n) is 2.44. The van der Waals surface area contributed by atoms with Gasteiger partial charge >= 0.3 is 5.97 Å². The number of benzene rings is 1. The predicted molar refractivity (Wildman–Crippen MR) is 98.1 cm³/mol. The van der Waals surface area contributed by atoms with E-state index in [1.165, 1.54) is 4.90 Å². The maximum absolute atomic E-state index is 11.9. The number of hydrogen-bond acceptors (Lipinski definition) is 4. The van der Waals surface area contributed by atoms with Gasteiger partial charge in [0.2, 0.25) is 0 Å². The van der Waals surface area contributed by atoms with E-state index in [4.69, 9.17) is 10.5 Å². The molecule has 0 aliphatic carbocycles. The third-order valence-electron chi connectivity index (χ3n) is 3.57. The second-order valence-electron chi connectivity index (χ2n) is 6.50. The summed E-state index contributed by atoms with van der Waals surface area (Å²) in [7, 11) is 3.41. The maximum atomic E-state index is 11.9. The van der Waals surface area contributed by atoms with Gasteiger partial charge in [0.05, 0.1) is 0 Å². The van der Waals surface area contributed by atoms with Gasteiger partial charge in [0.25, 0.3) is 5.91 Å². The van der Waals surface area contributed by atoms with Crippen molar-refractivity contribution >= 4 is 24.3 Å². The summed E-state index contributed by atoms with van der Waals surface area (Å²) in [6.07, 6.45) is 1.25. The Morgan fingerprint density at radius 1 is 1.25 bits per heavy atom. The summed E-state index contributed by atoms with van der Waals surface area (Å²) in [4.78, 5) is 25.4. The molecule has 0 saturated heterocycles. The van der Waals surface area contributed by atoms with E-state index in [1.54, 1.807) is 32.3 Å². The third-order valence-corrected chi connectivity index (χ3v) is 3.57. The van der Waals surface area contributed by atoms with Crippen molar-refractivity contribution in [2.45, 2.75) is 33.3 Å². The third kappa shape index (κ3) is 7.79. The molecule has 0 radical (unpaired) electrons. The Hall–Kier alpha value is -1.59. The first-order valence-electron chi connectivity index (χ1n) is 7.99. The molecule has 1 aromatic rings. The lowest BCUT2D eigenvalue weighted by Crippen LogP contribution is -2.22. The molecule has 0 unspecified atom stereocenters. The minimum atomic E-state index is -0.245. The SMILES string of the molecule is CC(C)C[C@H](CN)CC(=O)OCc1cccc(C(=O)N(C)C)c1.Cl. The largest absolute Gasteiger partial charge is 0.461 e. The summed E-state index contributed by atoms with van der Waals surface area (Å²) < 4.78 is 5.32. The molecule has 0 aromatic heterocycles. The van der Waals surface area contributed by atoms with Gasteiger partial charge in [0, 0.05) is 26.1 Å². The highest BCUT2D eigenvalue weighted by Crippen LogP contribution is 2.16. The van der Waals surface area contributed by atoms with E-state index in [0.717, 1.165) is 12.0 Å². The fraction of sp³-hybridized carbons (Fsp3) is 0.556. The van der Waals surface area contributed by atoms with Gasteiger partial charge in [-0.15, -0.1) is 12.4 Å². The van der Waals surface area contributed by atoms with E-state index in [2.05, 4.69) is 13.8 Å². The molecule has 1 aromatic carbocycles. The van der Waals surface area contributed by atoms with E-state index < -0.39 is 0 Å². The smallest absolute Gasteiger partial charge is 0.306 e. The van der Waals surface area contributed by atoms with Crippen LogP contribution in [0.15, 0.2) is 24.3 Å². The first kappa shape index (κ1) is 22.4. The van der Waals surface area contributed by atoms with Crippen molar-refractivity contribution < 1.29 is 14.3 Å². The van der Waals surface area contributed by atoms with Crippen molar-refractivity contribution in [3.63, 3.8) is 0 Å². The Balaban J connectivity index is 0.00000529. The first-order valence-corrected chi connectivity index (χ1v) is 7.99. The van der Waals surface area contributed by atoms with Crippen molar-refractivity contribution in [3.8, 4) is 0 Å². The molecule has 0 bridgehead atoms. The van der Waals surface area contributed by atoms with Gasteiger partial charge in [0.1, 0.15) is 6.61 Å². The molecule has 0 fully saturated rings. The van der Waals surface area contributed by atoms with Gasteiger partial charge < -0.3 is 15.4 Å². The molecule has 0 saturated carbocycles. The molecule has 5 nitrogen and oxygen atoms in total. The molecule has 6 heteroatoms. The van der Waals surface area contributed by atoms with Gasteiger partial charge in [-0.05, 0) is 42.5 Å².